The molecule has 1 amide bonds. The Hall–Kier alpha value is -1.33. The number of hydrogen-bond donors (Lipinski definition) is 1. The van der Waals surface area contributed by atoms with Crippen LogP contribution in [-0.2, 0) is 0 Å². The zero-order valence-corrected chi connectivity index (χ0v) is 12.0. The van der Waals surface area contributed by atoms with Crippen LogP contribution in [0.2, 0.25) is 5.02 Å². The smallest absolute Gasteiger partial charge is 0.259 e. The lowest BCUT2D eigenvalue weighted by molar-refractivity contribution is 0.00163. The van der Waals surface area contributed by atoms with Gasteiger partial charge in [-0.15, -0.1) is 0 Å². The molecule has 1 heterocycles. The van der Waals surface area contributed by atoms with E-state index in [1.54, 1.807) is 18.2 Å². The number of benzene rings is 1. The largest absolute Gasteiger partial charge is 0.496 e. The van der Waals surface area contributed by atoms with Crippen LogP contribution in [0, 0.1) is 0 Å². The standard InChI is InChI=1S/C14H17ClFNO3/c1-20-11-5-2-4-10(15)12(11)13(19)17-7-3-6-14(16,8-17)9-18/h2,4-5,18H,3,6-9H2,1H3. The first kappa shape index (κ1) is 15.1. The molecule has 0 spiro atoms. The number of carbonyl (C=O) groups is 1. The third-order valence-corrected chi connectivity index (χ3v) is 3.82. The van der Waals surface area contributed by atoms with E-state index in [-0.39, 0.29) is 29.5 Å². The Morgan fingerprint density at radius 2 is 2.35 bits per heavy atom. The van der Waals surface area contributed by atoms with Gasteiger partial charge in [0.25, 0.3) is 5.91 Å². The molecule has 0 saturated carbocycles. The normalized spacial score (nSPS) is 22.7. The average Bonchev–Trinajstić information content (AvgIpc) is 2.46. The predicted octanol–water partition coefficient (Wildman–Crippen LogP) is 2.29. The summed E-state index contributed by atoms with van der Waals surface area (Å²) in [7, 11) is 1.45. The molecular weight excluding hydrogens is 285 g/mol. The highest BCUT2D eigenvalue weighted by molar-refractivity contribution is 6.34. The van der Waals surface area contributed by atoms with E-state index in [4.69, 9.17) is 21.4 Å². The van der Waals surface area contributed by atoms with Crippen molar-refractivity contribution in [3.05, 3.63) is 28.8 Å². The minimum atomic E-state index is -1.73. The van der Waals surface area contributed by atoms with Crippen molar-refractivity contribution in [2.24, 2.45) is 0 Å². The lowest BCUT2D eigenvalue weighted by Gasteiger charge is -2.36. The average molecular weight is 302 g/mol. The number of methoxy groups -OCH3 is 1. The summed E-state index contributed by atoms with van der Waals surface area (Å²) >= 11 is 6.06. The van der Waals surface area contributed by atoms with Gasteiger partial charge in [0.1, 0.15) is 11.3 Å². The number of rotatable bonds is 3. The maximum absolute atomic E-state index is 14.2. The lowest BCUT2D eigenvalue weighted by atomic mass is 9.95. The van der Waals surface area contributed by atoms with Gasteiger partial charge in [-0.3, -0.25) is 4.79 Å². The SMILES string of the molecule is COc1cccc(Cl)c1C(=O)N1CCCC(F)(CO)C1. The van der Waals surface area contributed by atoms with Crippen molar-refractivity contribution in [3.63, 3.8) is 0 Å². The van der Waals surface area contributed by atoms with Crippen LogP contribution in [0.1, 0.15) is 23.2 Å². The number of likely N-dealkylation sites (tertiary alicyclic amines) is 1. The molecule has 1 atom stereocenters. The van der Waals surface area contributed by atoms with E-state index in [0.29, 0.717) is 18.7 Å². The molecule has 0 aromatic heterocycles. The molecular formula is C14H17ClFNO3. The lowest BCUT2D eigenvalue weighted by Crippen LogP contribution is -2.49. The first-order chi connectivity index (χ1) is 9.50. The van der Waals surface area contributed by atoms with Crippen molar-refractivity contribution in [3.8, 4) is 5.75 Å². The van der Waals surface area contributed by atoms with Gasteiger partial charge in [-0.25, -0.2) is 4.39 Å². The van der Waals surface area contributed by atoms with E-state index in [1.165, 1.54) is 12.0 Å². The summed E-state index contributed by atoms with van der Waals surface area (Å²) in [6.45, 7) is -0.272. The summed E-state index contributed by atoms with van der Waals surface area (Å²) < 4.78 is 19.3. The third-order valence-electron chi connectivity index (χ3n) is 3.51. The Bertz CT molecular complexity index is 511. The van der Waals surface area contributed by atoms with Gasteiger partial charge < -0.3 is 14.7 Å². The Kier molecular flexibility index (Phi) is 4.50. The van der Waals surface area contributed by atoms with Gasteiger partial charge in [-0.2, -0.15) is 0 Å². The molecule has 20 heavy (non-hydrogen) atoms. The Morgan fingerprint density at radius 3 is 3.00 bits per heavy atom. The van der Waals surface area contributed by atoms with Crippen LogP contribution in [-0.4, -0.2) is 48.4 Å². The number of alkyl halides is 1. The first-order valence-corrected chi connectivity index (χ1v) is 6.80. The van der Waals surface area contributed by atoms with E-state index in [0.717, 1.165) is 0 Å². The second-order valence-corrected chi connectivity index (χ2v) is 5.36. The molecule has 1 fully saturated rings. The molecule has 1 saturated heterocycles. The molecule has 4 nitrogen and oxygen atoms in total. The van der Waals surface area contributed by atoms with Gasteiger partial charge in [0.2, 0.25) is 0 Å². The second-order valence-electron chi connectivity index (χ2n) is 4.96. The number of ether oxygens (including phenoxy) is 1. The van der Waals surface area contributed by atoms with Gasteiger partial charge in [0.15, 0.2) is 5.67 Å². The zero-order valence-electron chi connectivity index (χ0n) is 11.2. The minimum Gasteiger partial charge on any atom is -0.496 e. The third kappa shape index (κ3) is 2.88. The van der Waals surface area contributed by atoms with Crippen LogP contribution in [0.25, 0.3) is 0 Å². The molecule has 6 heteroatoms. The first-order valence-electron chi connectivity index (χ1n) is 6.42. The van der Waals surface area contributed by atoms with E-state index >= 15 is 0 Å². The van der Waals surface area contributed by atoms with Gasteiger partial charge in [-0.1, -0.05) is 17.7 Å². The van der Waals surface area contributed by atoms with Gasteiger partial charge in [-0.05, 0) is 25.0 Å². The number of piperidine rings is 1. The molecule has 1 unspecified atom stereocenters. The number of nitrogens with zero attached hydrogens (tertiary/aromatic N) is 1. The number of hydrogen-bond acceptors (Lipinski definition) is 3. The molecule has 1 aliphatic heterocycles. The topological polar surface area (TPSA) is 49.8 Å². The van der Waals surface area contributed by atoms with E-state index in [2.05, 4.69) is 0 Å². The highest BCUT2D eigenvalue weighted by Gasteiger charge is 2.37. The van der Waals surface area contributed by atoms with Crippen molar-refractivity contribution in [1.82, 2.24) is 4.90 Å². The molecule has 0 radical (unpaired) electrons. The Morgan fingerprint density at radius 1 is 1.60 bits per heavy atom. The highest BCUT2D eigenvalue weighted by atomic mass is 35.5. The monoisotopic (exact) mass is 301 g/mol. The van der Waals surface area contributed by atoms with Crippen molar-refractivity contribution >= 4 is 17.5 Å². The van der Waals surface area contributed by atoms with Gasteiger partial charge in [0.05, 0.1) is 25.3 Å². The fraction of sp³-hybridized carbons (Fsp3) is 0.500. The van der Waals surface area contributed by atoms with E-state index < -0.39 is 12.3 Å². The van der Waals surface area contributed by atoms with Crippen LogP contribution >= 0.6 is 11.6 Å². The van der Waals surface area contributed by atoms with Crippen LogP contribution in [0.4, 0.5) is 4.39 Å². The molecule has 2 rings (SSSR count). The molecule has 1 aromatic rings. The number of carbonyl (C=O) groups excluding carboxylic acids is 1. The summed E-state index contributed by atoms with van der Waals surface area (Å²) in [6.07, 6.45) is 0.766. The van der Waals surface area contributed by atoms with E-state index in [1.807, 2.05) is 0 Å². The number of halogens is 2. The summed E-state index contributed by atoms with van der Waals surface area (Å²) in [5.74, 6) is -0.0100. The molecule has 1 aliphatic rings. The van der Waals surface area contributed by atoms with Gasteiger partial charge >= 0.3 is 0 Å². The molecule has 0 bridgehead atoms. The highest BCUT2D eigenvalue weighted by Crippen LogP contribution is 2.31. The summed E-state index contributed by atoms with van der Waals surface area (Å²) in [5, 5.41) is 9.38. The van der Waals surface area contributed by atoms with Crippen LogP contribution in [0.5, 0.6) is 5.75 Å². The number of aliphatic hydroxyl groups excluding tert-OH is 1. The Labute approximate surface area is 122 Å². The number of amides is 1. The van der Waals surface area contributed by atoms with Crippen LogP contribution < -0.4 is 4.74 Å². The van der Waals surface area contributed by atoms with Crippen LogP contribution in [0.3, 0.4) is 0 Å². The summed E-state index contributed by atoms with van der Waals surface area (Å²) in [5.41, 5.74) is -1.50. The van der Waals surface area contributed by atoms with Crippen molar-refractivity contribution < 1.29 is 19.0 Å². The number of aliphatic hydroxyl groups is 1. The maximum atomic E-state index is 14.2. The molecule has 110 valence electrons. The molecule has 1 N–H and O–H groups in total. The van der Waals surface area contributed by atoms with Crippen molar-refractivity contribution in [2.45, 2.75) is 18.5 Å². The summed E-state index contributed by atoms with van der Waals surface area (Å²) in [4.78, 5) is 13.9. The second kappa shape index (κ2) is 5.97. The predicted molar refractivity (Wildman–Crippen MR) is 74.1 cm³/mol. The zero-order chi connectivity index (χ0) is 14.8. The van der Waals surface area contributed by atoms with Crippen molar-refractivity contribution in [1.29, 1.82) is 0 Å². The van der Waals surface area contributed by atoms with Gasteiger partial charge in [0, 0.05) is 6.54 Å². The quantitative estimate of drug-likeness (QED) is 0.932. The Balaban J connectivity index is 2.28. The maximum Gasteiger partial charge on any atom is 0.259 e. The van der Waals surface area contributed by atoms with Crippen molar-refractivity contribution in [2.75, 3.05) is 26.8 Å². The fourth-order valence-corrected chi connectivity index (χ4v) is 2.68. The molecule has 1 aromatic carbocycles. The fourth-order valence-electron chi connectivity index (χ4n) is 2.43. The van der Waals surface area contributed by atoms with E-state index in [9.17, 15) is 9.18 Å². The minimum absolute atomic E-state index is 0.128. The summed E-state index contributed by atoms with van der Waals surface area (Å²) in [6, 6.07) is 4.91. The van der Waals surface area contributed by atoms with Crippen LogP contribution in [0.15, 0.2) is 18.2 Å². The molecule has 0 aliphatic carbocycles.